The quantitative estimate of drug-likeness (QED) is 0.570. The Balaban J connectivity index is 2.47. The van der Waals surface area contributed by atoms with Gasteiger partial charge in [0.05, 0.1) is 17.2 Å². The second kappa shape index (κ2) is 3.42. The first-order valence-corrected chi connectivity index (χ1v) is 5.14. The van der Waals surface area contributed by atoms with Crippen molar-refractivity contribution in [2.75, 3.05) is 0 Å². The molecule has 0 radical (unpaired) electrons. The first-order valence-electron chi connectivity index (χ1n) is 5.14. The van der Waals surface area contributed by atoms with E-state index in [1.807, 2.05) is 30.5 Å². The van der Waals surface area contributed by atoms with Crippen LogP contribution >= 0.6 is 0 Å². The van der Waals surface area contributed by atoms with E-state index in [9.17, 15) is 0 Å². The monoisotopic (exact) mass is 206 g/mol. The first kappa shape index (κ1) is 9.04. The molecule has 3 rings (SSSR count). The molecular formula is C14H10N2. The zero-order valence-electron chi connectivity index (χ0n) is 8.72. The number of pyridine rings is 2. The fourth-order valence-corrected chi connectivity index (χ4v) is 1.89. The number of benzene rings is 1. The van der Waals surface area contributed by atoms with Gasteiger partial charge in [0, 0.05) is 17.0 Å². The molecule has 2 heterocycles. The first-order chi connectivity index (χ1) is 7.88. The SMILES string of the molecule is C=Cc1ccc2c(c1)ncc1ncccc12. The zero-order valence-corrected chi connectivity index (χ0v) is 8.72. The van der Waals surface area contributed by atoms with Crippen LogP contribution in [-0.4, -0.2) is 9.97 Å². The summed E-state index contributed by atoms with van der Waals surface area (Å²) in [4.78, 5) is 8.70. The standard InChI is InChI=1S/C14H10N2/c1-2-10-5-6-12-11-4-3-7-15-14(11)9-16-13(12)8-10/h2-9H,1H2. The minimum Gasteiger partial charge on any atom is -0.255 e. The van der Waals surface area contributed by atoms with Crippen molar-refractivity contribution in [2.24, 2.45) is 0 Å². The normalized spacial score (nSPS) is 10.8. The van der Waals surface area contributed by atoms with E-state index >= 15 is 0 Å². The Morgan fingerprint density at radius 3 is 2.75 bits per heavy atom. The van der Waals surface area contributed by atoms with Crippen LogP contribution < -0.4 is 0 Å². The fourth-order valence-electron chi connectivity index (χ4n) is 1.89. The third kappa shape index (κ3) is 1.27. The average molecular weight is 206 g/mol. The molecule has 0 aliphatic rings. The van der Waals surface area contributed by atoms with Crippen molar-refractivity contribution in [1.29, 1.82) is 0 Å². The van der Waals surface area contributed by atoms with Crippen molar-refractivity contribution in [3.05, 3.63) is 54.9 Å². The van der Waals surface area contributed by atoms with Crippen molar-refractivity contribution < 1.29 is 0 Å². The van der Waals surface area contributed by atoms with Gasteiger partial charge < -0.3 is 0 Å². The average Bonchev–Trinajstić information content (AvgIpc) is 2.38. The molecule has 0 saturated heterocycles. The van der Waals surface area contributed by atoms with E-state index in [2.05, 4.69) is 28.7 Å². The second-order valence-corrected chi connectivity index (χ2v) is 3.68. The summed E-state index contributed by atoms with van der Waals surface area (Å²) in [7, 11) is 0. The van der Waals surface area contributed by atoms with Crippen LogP contribution in [0.5, 0.6) is 0 Å². The van der Waals surface area contributed by atoms with Gasteiger partial charge in [-0.3, -0.25) is 9.97 Å². The van der Waals surface area contributed by atoms with Crippen LogP contribution in [-0.2, 0) is 0 Å². The molecule has 76 valence electrons. The minimum absolute atomic E-state index is 0.932. The predicted octanol–water partition coefficient (Wildman–Crippen LogP) is 3.43. The molecule has 2 heteroatoms. The van der Waals surface area contributed by atoms with Gasteiger partial charge in [-0.15, -0.1) is 0 Å². The fraction of sp³-hybridized carbons (Fsp3) is 0. The second-order valence-electron chi connectivity index (χ2n) is 3.68. The summed E-state index contributed by atoms with van der Waals surface area (Å²) in [5, 5.41) is 2.28. The Bertz CT molecular complexity index is 686. The Kier molecular flexibility index (Phi) is 1.93. The number of hydrogen-bond donors (Lipinski definition) is 0. The van der Waals surface area contributed by atoms with Crippen LogP contribution in [0.2, 0.25) is 0 Å². The molecule has 3 aromatic rings. The molecule has 0 aliphatic heterocycles. The molecule has 0 N–H and O–H groups in total. The molecule has 2 aromatic heterocycles. The maximum absolute atomic E-state index is 4.41. The Morgan fingerprint density at radius 1 is 1.00 bits per heavy atom. The zero-order chi connectivity index (χ0) is 11.0. The van der Waals surface area contributed by atoms with Gasteiger partial charge in [-0.2, -0.15) is 0 Å². The van der Waals surface area contributed by atoms with E-state index in [1.165, 1.54) is 0 Å². The van der Waals surface area contributed by atoms with Crippen molar-refractivity contribution in [3.63, 3.8) is 0 Å². The summed E-state index contributed by atoms with van der Waals surface area (Å²) < 4.78 is 0. The lowest BCUT2D eigenvalue weighted by molar-refractivity contribution is 1.36. The summed E-state index contributed by atoms with van der Waals surface area (Å²) in [5.41, 5.74) is 3.00. The van der Waals surface area contributed by atoms with Gasteiger partial charge in [-0.05, 0) is 17.7 Å². The van der Waals surface area contributed by atoms with Crippen molar-refractivity contribution in [2.45, 2.75) is 0 Å². The molecule has 0 amide bonds. The number of fused-ring (bicyclic) bond motifs is 3. The smallest absolute Gasteiger partial charge is 0.0891 e. The van der Waals surface area contributed by atoms with Crippen molar-refractivity contribution in [3.8, 4) is 0 Å². The maximum atomic E-state index is 4.41. The van der Waals surface area contributed by atoms with Gasteiger partial charge in [0.15, 0.2) is 0 Å². The highest BCUT2D eigenvalue weighted by atomic mass is 14.7. The summed E-state index contributed by atoms with van der Waals surface area (Å²) in [5.74, 6) is 0. The Labute approximate surface area is 93.3 Å². The summed E-state index contributed by atoms with van der Waals surface area (Å²) in [6, 6.07) is 10.2. The Hall–Kier alpha value is -2.22. The molecule has 0 unspecified atom stereocenters. The molecule has 0 spiro atoms. The summed E-state index contributed by atoms with van der Waals surface area (Å²) in [6.07, 6.45) is 5.42. The van der Waals surface area contributed by atoms with Gasteiger partial charge in [0.2, 0.25) is 0 Å². The molecular weight excluding hydrogens is 196 g/mol. The lowest BCUT2D eigenvalue weighted by Crippen LogP contribution is -1.84. The molecule has 0 fully saturated rings. The number of hydrogen-bond acceptors (Lipinski definition) is 2. The lowest BCUT2D eigenvalue weighted by atomic mass is 10.1. The highest BCUT2D eigenvalue weighted by Crippen LogP contribution is 2.22. The Morgan fingerprint density at radius 2 is 1.88 bits per heavy atom. The van der Waals surface area contributed by atoms with E-state index < -0.39 is 0 Å². The number of aromatic nitrogens is 2. The number of rotatable bonds is 1. The van der Waals surface area contributed by atoms with E-state index in [0.29, 0.717) is 0 Å². The summed E-state index contributed by atoms with van der Waals surface area (Å²) >= 11 is 0. The van der Waals surface area contributed by atoms with Crippen LogP contribution in [0, 0.1) is 0 Å². The van der Waals surface area contributed by atoms with Crippen molar-refractivity contribution >= 4 is 27.9 Å². The van der Waals surface area contributed by atoms with Crippen LogP contribution in [0.3, 0.4) is 0 Å². The van der Waals surface area contributed by atoms with Crippen LogP contribution in [0.25, 0.3) is 27.9 Å². The highest BCUT2D eigenvalue weighted by molar-refractivity contribution is 6.04. The van der Waals surface area contributed by atoms with Gasteiger partial charge >= 0.3 is 0 Å². The molecule has 2 nitrogen and oxygen atoms in total. The van der Waals surface area contributed by atoms with Gasteiger partial charge in [0.1, 0.15) is 0 Å². The molecule has 0 atom stereocenters. The third-order valence-electron chi connectivity index (χ3n) is 2.71. The van der Waals surface area contributed by atoms with E-state index in [-0.39, 0.29) is 0 Å². The molecule has 0 bridgehead atoms. The van der Waals surface area contributed by atoms with Crippen LogP contribution in [0.1, 0.15) is 5.56 Å². The minimum atomic E-state index is 0.932. The van der Waals surface area contributed by atoms with Gasteiger partial charge in [0.25, 0.3) is 0 Å². The summed E-state index contributed by atoms with van der Waals surface area (Å²) in [6.45, 7) is 3.76. The topological polar surface area (TPSA) is 25.8 Å². The molecule has 16 heavy (non-hydrogen) atoms. The molecule has 0 aliphatic carbocycles. The van der Waals surface area contributed by atoms with Crippen LogP contribution in [0.15, 0.2) is 49.3 Å². The van der Waals surface area contributed by atoms with Gasteiger partial charge in [-0.25, -0.2) is 0 Å². The van der Waals surface area contributed by atoms with E-state index in [0.717, 1.165) is 27.4 Å². The van der Waals surface area contributed by atoms with Crippen molar-refractivity contribution in [1.82, 2.24) is 9.97 Å². The lowest BCUT2D eigenvalue weighted by Gasteiger charge is -2.02. The molecule has 0 saturated carbocycles. The highest BCUT2D eigenvalue weighted by Gasteiger charge is 2.01. The number of nitrogens with zero attached hydrogens (tertiary/aromatic N) is 2. The van der Waals surface area contributed by atoms with Gasteiger partial charge in [-0.1, -0.05) is 30.9 Å². The third-order valence-corrected chi connectivity index (χ3v) is 2.71. The molecule has 1 aromatic carbocycles. The maximum Gasteiger partial charge on any atom is 0.0891 e. The van der Waals surface area contributed by atoms with Crippen LogP contribution in [0.4, 0.5) is 0 Å². The van der Waals surface area contributed by atoms with E-state index in [4.69, 9.17) is 0 Å². The largest absolute Gasteiger partial charge is 0.255 e. The van der Waals surface area contributed by atoms with E-state index in [1.54, 1.807) is 6.20 Å². The predicted molar refractivity (Wildman–Crippen MR) is 67.1 cm³/mol.